The number of aliphatic hydroxyl groups excluding tert-OH is 1. The van der Waals surface area contributed by atoms with E-state index >= 15 is 0 Å². The lowest BCUT2D eigenvalue weighted by Gasteiger charge is -2.27. The summed E-state index contributed by atoms with van der Waals surface area (Å²) in [5.74, 6) is 0.138. The third-order valence-corrected chi connectivity index (χ3v) is 2.05. The van der Waals surface area contributed by atoms with E-state index in [4.69, 9.17) is 0 Å². The molecule has 1 aliphatic heterocycles. The van der Waals surface area contributed by atoms with Gasteiger partial charge >= 0.3 is 0 Å². The first kappa shape index (κ1) is 7.95. The van der Waals surface area contributed by atoms with Crippen molar-refractivity contribution in [2.45, 2.75) is 18.9 Å². The van der Waals surface area contributed by atoms with Crippen LogP contribution in [0.4, 0.5) is 4.39 Å². The van der Waals surface area contributed by atoms with Gasteiger partial charge in [-0.25, -0.2) is 0 Å². The monoisotopic (exact) mass is 147 g/mol. The van der Waals surface area contributed by atoms with Crippen LogP contribution in [-0.4, -0.2) is 31.0 Å². The Balaban J connectivity index is 2.25. The van der Waals surface area contributed by atoms with E-state index in [-0.39, 0.29) is 18.7 Å². The molecule has 3 heteroatoms. The molecule has 0 amide bonds. The van der Waals surface area contributed by atoms with E-state index in [9.17, 15) is 9.50 Å². The van der Waals surface area contributed by atoms with Crippen molar-refractivity contribution in [3.05, 3.63) is 0 Å². The minimum atomic E-state index is -0.316. The highest BCUT2D eigenvalue weighted by Crippen LogP contribution is 2.14. The third kappa shape index (κ3) is 1.92. The molecule has 2 nitrogen and oxygen atoms in total. The van der Waals surface area contributed by atoms with Gasteiger partial charge in [0.05, 0.1) is 12.8 Å². The fraction of sp³-hybridized carbons (Fsp3) is 1.00. The number of hydrogen-bond acceptors (Lipinski definition) is 2. The van der Waals surface area contributed by atoms with Crippen molar-refractivity contribution in [1.82, 2.24) is 5.32 Å². The summed E-state index contributed by atoms with van der Waals surface area (Å²) in [6, 6.07) is 0. The predicted molar refractivity (Wildman–Crippen MR) is 37.6 cm³/mol. The summed E-state index contributed by atoms with van der Waals surface area (Å²) in [5.41, 5.74) is 0. The highest BCUT2D eigenvalue weighted by Gasteiger charge is 2.21. The van der Waals surface area contributed by atoms with Gasteiger partial charge in [0, 0.05) is 6.54 Å². The molecule has 10 heavy (non-hydrogen) atoms. The van der Waals surface area contributed by atoms with Crippen molar-refractivity contribution in [1.29, 1.82) is 0 Å². The molecule has 0 aliphatic carbocycles. The lowest BCUT2D eigenvalue weighted by atomic mass is 9.94. The second-order valence-corrected chi connectivity index (χ2v) is 2.80. The van der Waals surface area contributed by atoms with Crippen LogP contribution in [0.25, 0.3) is 0 Å². The van der Waals surface area contributed by atoms with Gasteiger partial charge in [0.25, 0.3) is 0 Å². The summed E-state index contributed by atoms with van der Waals surface area (Å²) in [4.78, 5) is 0. The van der Waals surface area contributed by atoms with E-state index in [1.165, 1.54) is 0 Å². The Hall–Kier alpha value is -0.150. The maximum Gasteiger partial charge on any atom is 0.0898 e. The second kappa shape index (κ2) is 3.88. The molecule has 0 radical (unpaired) electrons. The quantitative estimate of drug-likeness (QED) is 0.589. The van der Waals surface area contributed by atoms with Gasteiger partial charge in [-0.1, -0.05) is 0 Å². The number of hydrogen-bond donors (Lipinski definition) is 2. The minimum Gasteiger partial charge on any atom is -0.393 e. The number of aliphatic hydroxyl groups is 1. The van der Waals surface area contributed by atoms with Crippen molar-refractivity contribution in [3.8, 4) is 0 Å². The third-order valence-electron chi connectivity index (χ3n) is 2.05. The standard InChI is InChI=1S/C7H14FNO/c8-3-1-6-5-9-4-2-7(6)10/h6-7,9-10H,1-5H2/t6-,7+/m0/s1. The fourth-order valence-corrected chi connectivity index (χ4v) is 1.34. The minimum absolute atomic E-state index is 0.138. The van der Waals surface area contributed by atoms with Crippen molar-refractivity contribution in [2.24, 2.45) is 5.92 Å². The first-order chi connectivity index (χ1) is 4.84. The van der Waals surface area contributed by atoms with E-state index in [1.807, 2.05) is 0 Å². The van der Waals surface area contributed by atoms with Crippen LogP contribution >= 0.6 is 0 Å². The summed E-state index contributed by atoms with van der Waals surface area (Å²) in [6.07, 6.45) is 0.982. The fourth-order valence-electron chi connectivity index (χ4n) is 1.34. The highest BCUT2D eigenvalue weighted by atomic mass is 19.1. The predicted octanol–water partition coefficient (Wildman–Crippen LogP) is 0.316. The molecule has 1 heterocycles. The maximum absolute atomic E-state index is 11.8. The summed E-state index contributed by atoms with van der Waals surface area (Å²) in [5, 5.41) is 12.4. The molecule has 0 saturated carbocycles. The number of halogens is 1. The molecule has 1 aliphatic rings. The van der Waals surface area contributed by atoms with Gasteiger partial charge in [0.15, 0.2) is 0 Å². The van der Waals surface area contributed by atoms with E-state index in [0.717, 1.165) is 19.5 Å². The zero-order valence-electron chi connectivity index (χ0n) is 6.02. The zero-order chi connectivity index (χ0) is 7.40. The van der Waals surface area contributed by atoms with Gasteiger partial charge in [-0.05, 0) is 25.3 Å². The Kier molecular flexibility index (Phi) is 3.09. The molecule has 1 fully saturated rings. The van der Waals surface area contributed by atoms with Crippen LogP contribution in [0.1, 0.15) is 12.8 Å². The average molecular weight is 147 g/mol. The number of piperidine rings is 1. The molecule has 2 atom stereocenters. The number of alkyl halides is 1. The van der Waals surface area contributed by atoms with E-state index in [0.29, 0.717) is 6.42 Å². The second-order valence-electron chi connectivity index (χ2n) is 2.80. The van der Waals surface area contributed by atoms with Crippen molar-refractivity contribution in [2.75, 3.05) is 19.8 Å². The molecular weight excluding hydrogens is 133 g/mol. The largest absolute Gasteiger partial charge is 0.393 e. The van der Waals surface area contributed by atoms with E-state index in [2.05, 4.69) is 5.32 Å². The van der Waals surface area contributed by atoms with Crippen molar-refractivity contribution < 1.29 is 9.50 Å². The van der Waals surface area contributed by atoms with Crippen LogP contribution in [0.2, 0.25) is 0 Å². The summed E-state index contributed by atoms with van der Waals surface area (Å²) >= 11 is 0. The van der Waals surface area contributed by atoms with Crippen LogP contribution in [-0.2, 0) is 0 Å². The molecule has 0 aromatic heterocycles. The van der Waals surface area contributed by atoms with Gasteiger partial charge < -0.3 is 10.4 Å². The smallest absolute Gasteiger partial charge is 0.0898 e. The van der Waals surface area contributed by atoms with Crippen LogP contribution in [0.15, 0.2) is 0 Å². The van der Waals surface area contributed by atoms with Crippen LogP contribution in [0.5, 0.6) is 0 Å². The number of nitrogens with one attached hydrogen (secondary N) is 1. The Morgan fingerprint density at radius 1 is 1.60 bits per heavy atom. The molecule has 0 bridgehead atoms. The van der Waals surface area contributed by atoms with Gasteiger partial charge in [-0.15, -0.1) is 0 Å². The van der Waals surface area contributed by atoms with Gasteiger partial charge in [-0.2, -0.15) is 0 Å². The summed E-state index contributed by atoms with van der Waals surface area (Å²) < 4.78 is 11.8. The number of rotatable bonds is 2. The average Bonchev–Trinajstić information content (AvgIpc) is 1.94. The molecular formula is C7H14FNO. The SMILES string of the molecule is O[C@@H]1CCNC[C@@H]1CCF. The Morgan fingerprint density at radius 2 is 2.40 bits per heavy atom. The normalized spacial score (nSPS) is 34.2. The molecule has 0 spiro atoms. The van der Waals surface area contributed by atoms with E-state index in [1.54, 1.807) is 0 Å². The first-order valence-corrected chi connectivity index (χ1v) is 3.79. The molecule has 0 aromatic rings. The van der Waals surface area contributed by atoms with Crippen LogP contribution in [0, 0.1) is 5.92 Å². The lowest BCUT2D eigenvalue weighted by Crippen LogP contribution is -2.39. The Bertz CT molecular complexity index is 97.6. The zero-order valence-corrected chi connectivity index (χ0v) is 6.02. The first-order valence-electron chi connectivity index (χ1n) is 3.79. The van der Waals surface area contributed by atoms with Crippen molar-refractivity contribution in [3.63, 3.8) is 0 Å². The van der Waals surface area contributed by atoms with Gasteiger partial charge in [0.1, 0.15) is 0 Å². The molecule has 0 aromatic carbocycles. The van der Waals surface area contributed by atoms with Crippen LogP contribution < -0.4 is 5.32 Å². The molecule has 2 N–H and O–H groups in total. The van der Waals surface area contributed by atoms with Crippen LogP contribution in [0.3, 0.4) is 0 Å². The maximum atomic E-state index is 11.8. The molecule has 0 unspecified atom stereocenters. The molecule has 1 rings (SSSR count). The Morgan fingerprint density at radius 3 is 3.00 bits per heavy atom. The highest BCUT2D eigenvalue weighted by molar-refractivity contribution is 4.76. The van der Waals surface area contributed by atoms with Gasteiger partial charge in [0.2, 0.25) is 0 Å². The molecule has 1 saturated heterocycles. The summed E-state index contributed by atoms with van der Waals surface area (Å²) in [7, 11) is 0. The lowest BCUT2D eigenvalue weighted by molar-refractivity contribution is 0.0707. The molecule has 60 valence electrons. The summed E-state index contributed by atoms with van der Waals surface area (Å²) in [6.45, 7) is 1.32. The van der Waals surface area contributed by atoms with Crippen molar-refractivity contribution >= 4 is 0 Å². The topological polar surface area (TPSA) is 32.3 Å². The Labute approximate surface area is 60.4 Å². The van der Waals surface area contributed by atoms with E-state index < -0.39 is 0 Å². The van der Waals surface area contributed by atoms with Gasteiger partial charge in [-0.3, -0.25) is 4.39 Å².